The van der Waals surface area contributed by atoms with E-state index in [1.807, 2.05) is 42.5 Å². The number of hydrogen-bond acceptors (Lipinski definition) is 3. The summed E-state index contributed by atoms with van der Waals surface area (Å²) in [7, 11) is -3.08. The third-order valence-electron chi connectivity index (χ3n) is 4.18. The Kier molecular flexibility index (Phi) is 5.44. The quantitative estimate of drug-likeness (QED) is 0.816. The maximum atomic E-state index is 12.8. The predicted molar refractivity (Wildman–Crippen MR) is 102 cm³/mol. The highest BCUT2D eigenvalue weighted by Crippen LogP contribution is 2.22. The Bertz CT molecular complexity index is 856. The molecule has 0 aromatic heterocycles. The lowest BCUT2D eigenvalue weighted by molar-refractivity contribution is 0.190. The van der Waals surface area contributed by atoms with Crippen molar-refractivity contribution in [3.63, 3.8) is 0 Å². The number of urea groups is 1. The van der Waals surface area contributed by atoms with Crippen LogP contribution in [0.3, 0.4) is 0 Å². The summed E-state index contributed by atoms with van der Waals surface area (Å²) in [5, 5.41) is 2.86. The van der Waals surface area contributed by atoms with Gasteiger partial charge in [-0.3, -0.25) is 0 Å². The van der Waals surface area contributed by atoms with Crippen molar-refractivity contribution in [1.82, 2.24) is 4.90 Å². The van der Waals surface area contributed by atoms with Gasteiger partial charge in [0.25, 0.3) is 0 Å². The van der Waals surface area contributed by atoms with Crippen molar-refractivity contribution in [2.24, 2.45) is 0 Å². The zero-order chi connectivity index (χ0) is 17.9. The van der Waals surface area contributed by atoms with Gasteiger partial charge in [0.05, 0.1) is 11.5 Å². The van der Waals surface area contributed by atoms with Crippen LogP contribution in [0.5, 0.6) is 0 Å². The highest BCUT2D eigenvalue weighted by molar-refractivity contribution is 9.10. The van der Waals surface area contributed by atoms with Crippen LogP contribution < -0.4 is 5.32 Å². The molecule has 1 saturated heterocycles. The van der Waals surface area contributed by atoms with Crippen LogP contribution in [-0.4, -0.2) is 36.9 Å². The van der Waals surface area contributed by atoms with Crippen LogP contribution in [0.25, 0.3) is 0 Å². The number of nitrogens with zero attached hydrogens (tertiary/aromatic N) is 1. The lowest BCUT2D eigenvalue weighted by atomic mass is 10.1. The smallest absolute Gasteiger partial charge is 0.316 e. The number of sulfone groups is 1. The van der Waals surface area contributed by atoms with Crippen LogP contribution in [0.15, 0.2) is 59.1 Å². The number of nitrogens with one attached hydrogen (secondary N) is 1. The monoisotopic (exact) mass is 422 g/mol. The van der Waals surface area contributed by atoms with Gasteiger partial charge in [-0.1, -0.05) is 46.3 Å². The number of para-hydroxylation sites is 1. The molecule has 0 saturated carbocycles. The Labute approximate surface area is 156 Å². The van der Waals surface area contributed by atoms with Crippen molar-refractivity contribution in [2.75, 3.05) is 16.8 Å². The first kappa shape index (κ1) is 17.9. The van der Waals surface area contributed by atoms with Gasteiger partial charge >= 0.3 is 6.03 Å². The molecule has 0 spiro atoms. The van der Waals surface area contributed by atoms with E-state index in [1.165, 1.54) is 0 Å². The molecule has 2 aromatic carbocycles. The minimum Gasteiger partial charge on any atom is -0.316 e. The molecular formula is C18H19BrN2O3S. The van der Waals surface area contributed by atoms with Crippen molar-refractivity contribution in [3.8, 4) is 0 Å². The molecular weight excluding hydrogens is 404 g/mol. The molecule has 1 aliphatic rings. The number of benzene rings is 2. The summed E-state index contributed by atoms with van der Waals surface area (Å²) in [5.74, 6) is 0.147. The summed E-state index contributed by atoms with van der Waals surface area (Å²) in [6.45, 7) is 0.359. The van der Waals surface area contributed by atoms with Gasteiger partial charge in [-0.05, 0) is 36.2 Å². The van der Waals surface area contributed by atoms with Crippen LogP contribution in [0.1, 0.15) is 12.0 Å². The molecule has 0 bridgehead atoms. The average Bonchev–Trinajstić information content (AvgIpc) is 2.93. The van der Waals surface area contributed by atoms with E-state index in [-0.39, 0.29) is 23.6 Å². The van der Waals surface area contributed by atoms with Crippen LogP contribution in [-0.2, 0) is 16.4 Å². The van der Waals surface area contributed by atoms with Crippen LogP contribution in [0.4, 0.5) is 10.5 Å². The molecule has 1 atom stereocenters. The van der Waals surface area contributed by atoms with E-state index in [0.29, 0.717) is 18.7 Å². The van der Waals surface area contributed by atoms with Crippen LogP contribution in [0.2, 0.25) is 0 Å². The third kappa shape index (κ3) is 4.83. The van der Waals surface area contributed by atoms with Gasteiger partial charge < -0.3 is 10.2 Å². The molecule has 1 unspecified atom stereocenters. The molecule has 2 aromatic rings. The summed E-state index contributed by atoms with van der Waals surface area (Å²) >= 11 is 3.43. The molecule has 2 amide bonds. The van der Waals surface area contributed by atoms with Crippen molar-refractivity contribution in [2.45, 2.75) is 19.0 Å². The molecule has 0 radical (unpaired) electrons. The number of amides is 2. The fourth-order valence-electron chi connectivity index (χ4n) is 2.94. The normalized spacial score (nSPS) is 18.7. The highest BCUT2D eigenvalue weighted by Gasteiger charge is 2.34. The van der Waals surface area contributed by atoms with E-state index in [4.69, 9.17) is 0 Å². The second-order valence-electron chi connectivity index (χ2n) is 6.11. The van der Waals surface area contributed by atoms with Gasteiger partial charge in [-0.15, -0.1) is 0 Å². The Balaban J connectivity index is 1.82. The van der Waals surface area contributed by atoms with Crippen molar-refractivity contribution in [1.29, 1.82) is 0 Å². The molecule has 3 rings (SSSR count). The van der Waals surface area contributed by atoms with Crippen molar-refractivity contribution >= 4 is 37.5 Å². The van der Waals surface area contributed by atoms with Crippen LogP contribution >= 0.6 is 15.9 Å². The number of rotatable bonds is 4. The number of carbonyl (C=O) groups is 1. The van der Waals surface area contributed by atoms with Crippen molar-refractivity contribution in [3.05, 3.63) is 64.6 Å². The third-order valence-corrected chi connectivity index (χ3v) is 6.42. The Hall–Kier alpha value is -1.86. The molecule has 1 heterocycles. The highest BCUT2D eigenvalue weighted by atomic mass is 79.9. The zero-order valence-electron chi connectivity index (χ0n) is 13.6. The number of anilines is 1. The van der Waals surface area contributed by atoms with E-state index >= 15 is 0 Å². The molecule has 7 heteroatoms. The van der Waals surface area contributed by atoms with Gasteiger partial charge in [0.15, 0.2) is 9.84 Å². The Morgan fingerprint density at radius 1 is 1.16 bits per heavy atom. The summed E-state index contributed by atoms with van der Waals surface area (Å²) in [4.78, 5) is 14.4. The van der Waals surface area contributed by atoms with Gasteiger partial charge in [-0.2, -0.15) is 0 Å². The molecule has 1 aliphatic heterocycles. The van der Waals surface area contributed by atoms with Crippen molar-refractivity contribution < 1.29 is 13.2 Å². The lowest BCUT2D eigenvalue weighted by Gasteiger charge is -2.28. The fourth-order valence-corrected chi connectivity index (χ4v) is 5.11. The lowest BCUT2D eigenvalue weighted by Crippen LogP contribution is -2.43. The molecule has 25 heavy (non-hydrogen) atoms. The average molecular weight is 423 g/mol. The molecule has 1 N–H and O–H groups in total. The summed E-state index contributed by atoms with van der Waals surface area (Å²) < 4.78 is 24.7. The summed E-state index contributed by atoms with van der Waals surface area (Å²) in [6.07, 6.45) is 0.471. The predicted octanol–water partition coefficient (Wildman–Crippen LogP) is 3.67. The van der Waals surface area contributed by atoms with E-state index in [1.54, 1.807) is 17.0 Å². The Morgan fingerprint density at radius 3 is 2.56 bits per heavy atom. The molecule has 0 aliphatic carbocycles. The topological polar surface area (TPSA) is 66.5 Å². The maximum absolute atomic E-state index is 12.8. The molecule has 132 valence electrons. The first-order valence-electron chi connectivity index (χ1n) is 8.00. The van der Waals surface area contributed by atoms with E-state index in [0.717, 1.165) is 10.0 Å². The van der Waals surface area contributed by atoms with Crippen LogP contribution in [0, 0.1) is 0 Å². The first-order valence-corrected chi connectivity index (χ1v) is 10.6. The van der Waals surface area contributed by atoms with Gasteiger partial charge in [0.2, 0.25) is 0 Å². The minimum atomic E-state index is -3.08. The number of hydrogen-bond donors (Lipinski definition) is 1. The summed E-state index contributed by atoms with van der Waals surface area (Å²) in [6, 6.07) is 16.3. The number of halogens is 1. The van der Waals surface area contributed by atoms with Gasteiger partial charge in [0, 0.05) is 22.7 Å². The SMILES string of the molecule is O=C(Nc1ccccc1)N(Cc1cccc(Br)c1)C1CCS(=O)(=O)C1. The van der Waals surface area contributed by atoms with E-state index in [2.05, 4.69) is 21.2 Å². The van der Waals surface area contributed by atoms with Gasteiger partial charge in [-0.25, -0.2) is 13.2 Å². The van der Waals surface area contributed by atoms with E-state index in [9.17, 15) is 13.2 Å². The zero-order valence-corrected chi connectivity index (χ0v) is 16.0. The van der Waals surface area contributed by atoms with Gasteiger partial charge in [0.1, 0.15) is 0 Å². The molecule has 5 nitrogen and oxygen atoms in total. The summed E-state index contributed by atoms with van der Waals surface area (Å²) in [5.41, 5.74) is 1.63. The first-order chi connectivity index (χ1) is 11.9. The fraction of sp³-hybridized carbons (Fsp3) is 0.278. The van der Waals surface area contributed by atoms with E-state index < -0.39 is 9.84 Å². The minimum absolute atomic E-state index is 0.0171. The Morgan fingerprint density at radius 2 is 1.92 bits per heavy atom. The number of carbonyl (C=O) groups excluding carboxylic acids is 1. The maximum Gasteiger partial charge on any atom is 0.322 e. The second kappa shape index (κ2) is 7.58. The second-order valence-corrected chi connectivity index (χ2v) is 9.26. The largest absolute Gasteiger partial charge is 0.322 e. The standard InChI is InChI=1S/C18H19BrN2O3S/c19-15-6-4-5-14(11-15)12-21(17-9-10-25(23,24)13-17)18(22)20-16-7-2-1-3-8-16/h1-8,11,17H,9-10,12-13H2,(H,20,22). The molecule has 1 fully saturated rings.